The Bertz CT molecular complexity index is 2530. The maximum atomic E-state index is 5.05. The molecule has 45 heavy (non-hydrogen) atoms. The van der Waals surface area contributed by atoms with Gasteiger partial charge in [0.05, 0.1) is 0 Å². The highest BCUT2D eigenvalue weighted by Crippen LogP contribution is 2.40. The van der Waals surface area contributed by atoms with Crippen molar-refractivity contribution in [2.45, 2.75) is 0 Å². The molecule has 0 N–H and O–H groups in total. The van der Waals surface area contributed by atoms with Gasteiger partial charge < -0.3 is 0 Å². The third-order valence-corrected chi connectivity index (χ3v) is 9.73. The van der Waals surface area contributed by atoms with Crippen LogP contribution < -0.4 is 0 Å². The largest absolute Gasteiger partial charge is 0.208 e. The summed E-state index contributed by atoms with van der Waals surface area (Å²) in [6.45, 7) is 0. The summed E-state index contributed by atoms with van der Waals surface area (Å²) in [7, 11) is 0. The molecule has 0 unspecified atom stereocenters. The van der Waals surface area contributed by atoms with Gasteiger partial charge in [0.25, 0.3) is 0 Å². The first-order chi connectivity index (χ1) is 22.3. The van der Waals surface area contributed by atoms with E-state index in [1.165, 1.54) is 47.3 Å². The van der Waals surface area contributed by atoms with Crippen molar-refractivity contribution in [3.8, 4) is 45.3 Å². The Kier molecular flexibility index (Phi) is 6.00. The molecule has 3 nitrogen and oxygen atoms in total. The first-order valence-electron chi connectivity index (χ1n) is 15.0. The van der Waals surface area contributed by atoms with Crippen LogP contribution in [-0.4, -0.2) is 15.0 Å². The summed E-state index contributed by atoms with van der Waals surface area (Å²) in [5.41, 5.74) is 5.23. The van der Waals surface area contributed by atoms with Gasteiger partial charge in [0.2, 0.25) is 0 Å². The fraction of sp³-hybridized carbons (Fsp3) is 0. The van der Waals surface area contributed by atoms with Crippen LogP contribution >= 0.6 is 11.3 Å². The molecule has 0 atom stereocenters. The number of rotatable bonds is 4. The number of benzene rings is 7. The van der Waals surface area contributed by atoms with Crippen molar-refractivity contribution < 1.29 is 0 Å². The zero-order chi connectivity index (χ0) is 29.7. The van der Waals surface area contributed by atoms with E-state index in [-0.39, 0.29) is 0 Å². The van der Waals surface area contributed by atoms with E-state index in [9.17, 15) is 0 Å². The number of thiophene rings is 1. The van der Waals surface area contributed by atoms with E-state index in [1.54, 1.807) is 0 Å². The zero-order valence-electron chi connectivity index (χ0n) is 24.2. The summed E-state index contributed by atoms with van der Waals surface area (Å²) < 4.78 is 2.57. The van der Waals surface area contributed by atoms with E-state index in [0.717, 1.165) is 22.3 Å². The van der Waals surface area contributed by atoms with Gasteiger partial charge in [-0.15, -0.1) is 11.3 Å². The fourth-order valence-electron chi connectivity index (χ4n) is 6.17. The zero-order valence-corrected chi connectivity index (χ0v) is 25.0. The van der Waals surface area contributed by atoms with Crippen LogP contribution in [0.5, 0.6) is 0 Å². The van der Waals surface area contributed by atoms with E-state index >= 15 is 0 Å². The highest BCUT2D eigenvalue weighted by Gasteiger charge is 2.15. The molecular weight excluding hydrogens is 567 g/mol. The minimum absolute atomic E-state index is 0.658. The van der Waals surface area contributed by atoms with Crippen LogP contribution in [0.1, 0.15) is 0 Å². The Morgan fingerprint density at radius 2 is 0.911 bits per heavy atom. The van der Waals surface area contributed by atoms with Crippen molar-refractivity contribution in [1.82, 2.24) is 15.0 Å². The molecule has 0 aliphatic carbocycles. The third-order valence-electron chi connectivity index (χ3n) is 8.51. The first-order valence-corrected chi connectivity index (χ1v) is 15.8. The molecule has 0 saturated heterocycles. The molecule has 7 aromatic carbocycles. The van der Waals surface area contributed by atoms with Gasteiger partial charge in [0, 0.05) is 36.9 Å². The number of nitrogens with zero attached hydrogens (tertiary/aromatic N) is 3. The lowest BCUT2D eigenvalue weighted by molar-refractivity contribution is 1.07. The highest BCUT2D eigenvalue weighted by molar-refractivity contribution is 7.26. The lowest BCUT2D eigenvalue weighted by atomic mass is 10.00. The van der Waals surface area contributed by atoms with E-state index in [2.05, 4.69) is 121 Å². The maximum Gasteiger partial charge on any atom is 0.164 e. The van der Waals surface area contributed by atoms with Crippen LogP contribution in [0.25, 0.3) is 87.0 Å². The molecule has 9 aromatic rings. The van der Waals surface area contributed by atoms with Crippen LogP contribution in [0.2, 0.25) is 0 Å². The van der Waals surface area contributed by atoms with Crippen molar-refractivity contribution in [1.29, 1.82) is 0 Å². The quantitative estimate of drug-likeness (QED) is 0.204. The average molecular weight is 592 g/mol. The second kappa shape index (κ2) is 10.5. The molecule has 0 spiro atoms. The second-order valence-electron chi connectivity index (χ2n) is 11.3. The van der Waals surface area contributed by atoms with Crippen LogP contribution in [0.4, 0.5) is 0 Å². The van der Waals surface area contributed by atoms with Gasteiger partial charge in [-0.2, -0.15) is 0 Å². The van der Waals surface area contributed by atoms with Gasteiger partial charge in [0.15, 0.2) is 17.5 Å². The Morgan fingerprint density at radius 1 is 0.333 bits per heavy atom. The predicted molar refractivity (Wildman–Crippen MR) is 189 cm³/mol. The van der Waals surface area contributed by atoms with Gasteiger partial charge in [0.1, 0.15) is 0 Å². The standard InChI is InChI=1S/C41H25N3S/c1-2-10-29(11-3-1)39-42-40(30-17-14-27(15-18-30)32-19-16-26-8-4-5-12-31(26)24-32)44-41(43-39)33-21-23-37-36(25-33)35-22-20-28-9-6-7-13-34(28)38(35)45-37/h1-25H. The topological polar surface area (TPSA) is 38.7 Å². The molecule has 2 aromatic heterocycles. The Labute approximate surface area is 264 Å². The van der Waals surface area contributed by atoms with Gasteiger partial charge in [-0.3, -0.25) is 0 Å². The van der Waals surface area contributed by atoms with Gasteiger partial charge in [-0.05, 0) is 56.9 Å². The minimum atomic E-state index is 0.658. The smallest absolute Gasteiger partial charge is 0.164 e. The fourth-order valence-corrected chi connectivity index (χ4v) is 7.39. The lowest BCUT2D eigenvalue weighted by Gasteiger charge is -2.10. The van der Waals surface area contributed by atoms with Gasteiger partial charge in [-0.1, -0.05) is 127 Å². The molecule has 210 valence electrons. The Balaban J connectivity index is 1.16. The molecule has 0 amide bonds. The lowest BCUT2D eigenvalue weighted by Crippen LogP contribution is -2.00. The number of aromatic nitrogens is 3. The first kappa shape index (κ1) is 25.8. The van der Waals surface area contributed by atoms with Crippen molar-refractivity contribution in [2.24, 2.45) is 0 Å². The third kappa shape index (κ3) is 4.55. The highest BCUT2D eigenvalue weighted by atomic mass is 32.1. The molecule has 0 radical (unpaired) electrons. The normalized spacial score (nSPS) is 11.6. The van der Waals surface area contributed by atoms with Crippen molar-refractivity contribution in [2.75, 3.05) is 0 Å². The predicted octanol–water partition coefficient (Wildman–Crippen LogP) is 11.2. The van der Waals surface area contributed by atoms with Crippen LogP contribution in [0.15, 0.2) is 152 Å². The van der Waals surface area contributed by atoms with Crippen LogP contribution in [0.3, 0.4) is 0 Å². The minimum Gasteiger partial charge on any atom is -0.208 e. The SMILES string of the molecule is c1ccc(-c2nc(-c3ccc(-c4ccc5ccccc5c4)cc3)nc(-c3ccc4sc5c6ccccc6ccc5c4c3)n2)cc1. The summed E-state index contributed by atoms with van der Waals surface area (Å²) in [5.74, 6) is 1.99. The Morgan fingerprint density at radius 3 is 1.71 bits per heavy atom. The van der Waals surface area contributed by atoms with E-state index < -0.39 is 0 Å². The van der Waals surface area contributed by atoms with E-state index in [4.69, 9.17) is 15.0 Å². The van der Waals surface area contributed by atoms with Crippen LogP contribution in [0, 0.1) is 0 Å². The molecule has 0 saturated carbocycles. The molecule has 0 bridgehead atoms. The molecule has 0 aliphatic rings. The Hall–Kier alpha value is -5.71. The molecule has 9 rings (SSSR count). The van der Waals surface area contributed by atoms with Crippen LogP contribution in [-0.2, 0) is 0 Å². The summed E-state index contributed by atoms with van der Waals surface area (Å²) in [5, 5.41) is 7.51. The van der Waals surface area contributed by atoms with Gasteiger partial charge in [-0.25, -0.2) is 15.0 Å². The second-order valence-corrected chi connectivity index (χ2v) is 12.3. The summed E-state index contributed by atoms with van der Waals surface area (Å²) in [6, 6.07) is 53.4. The number of fused-ring (bicyclic) bond motifs is 6. The molecule has 0 aliphatic heterocycles. The molecule has 0 fully saturated rings. The van der Waals surface area contributed by atoms with E-state index in [0.29, 0.717) is 17.5 Å². The van der Waals surface area contributed by atoms with Crippen molar-refractivity contribution >= 4 is 53.1 Å². The summed E-state index contributed by atoms with van der Waals surface area (Å²) >= 11 is 1.84. The maximum absolute atomic E-state index is 5.05. The molecular formula is C41H25N3S. The van der Waals surface area contributed by atoms with Gasteiger partial charge >= 0.3 is 0 Å². The molecule has 4 heteroatoms. The number of hydrogen-bond donors (Lipinski definition) is 0. The van der Waals surface area contributed by atoms with Crippen molar-refractivity contribution in [3.63, 3.8) is 0 Å². The number of hydrogen-bond acceptors (Lipinski definition) is 4. The van der Waals surface area contributed by atoms with E-state index in [1.807, 2.05) is 41.7 Å². The summed E-state index contributed by atoms with van der Waals surface area (Å²) in [4.78, 5) is 15.0. The average Bonchev–Trinajstić information content (AvgIpc) is 3.50. The van der Waals surface area contributed by atoms with Crippen molar-refractivity contribution in [3.05, 3.63) is 152 Å². The molecule has 2 heterocycles. The summed E-state index contributed by atoms with van der Waals surface area (Å²) in [6.07, 6.45) is 0. The monoisotopic (exact) mass is 591 g/mol.